The van der Waals surface area contributed by atoms with Gasteiger partial charge in [-0.3, -0.25) is 14.5 Å². The molecule has 40 heavy (non-hydrogen) atoms. The molecule has 2 aliphatic rings. The maximum absolute atomic E-state index is 14.0. The summed E-state index contributed by atoms with van der Waals surface area (Å²) in [6.07, 6.45) is 0. The summed E-state index contributed by atoms with van der Waals surface area (Å²) < 4.78 is 13.2. The minimum absolute atomic E-state index is 0.0504. The summed E-state index contributed by atoms with van der Waals surface area (Å²) in [5, 5.41) is 5.02. The molecule has 2 amide bonds. The molecule has 9 heteroatoms. The third kappa shape index (κ3) is 5.24. The van der Waals surface area contributed by atoms with E-state index in [0.29, 0.717) is 32.1 Å². The van der Waals surface area contributed by atoms with Crippen molar-refractivity contribution in [3.63, 3.8) is 0 Å². The number of nitrogens with zero attached hydrogens (tertiary/aromatic N) is 4. The monoisotopic (exact) mass is 562 g/mol. The number of aryl methyl sites for hydroxylation is 1. The standard InChI is InChI=1S/C31H38N4O4S/c1-20-10-9-12-23(21(20)2)35-30-27(29(32-35)31(3,4)5)28(22-11-7-8-13-24(22)38-6)40-19-26(37)34(30)18-25(36)33-14-16-39-17-15-33/h7-13,28H,14-19H2,1-6H3/t28-/m0/s1. The summed E-state index contributed by atoms with van der Waals surface area (Å²) in [4.78, 5) is 31.0. The van der Waals surface area contributed by atoms with E-state index in [-0.39, 0.29) is 34.8 Å². The van der Waals surface area contributed by atoms with Crippen molar-refractivity contribution in [1.82, 2.24) is 14.7 Å². The van der Waals surface area contributed by atoms with E-state index in [1.807, 2.05) is 35.0 Å². The molecule has 0 unspecified atom stereocenters. The molecule has 0 saturated carbocycles. The number of hydrogen-bond donors (Lipinski definition) is 0. The molecule has 1 fully saturated rings. The molecule has 5 rings (SSSR count). The lowest BCUT2D eigenvalue weighted by Crippen LogP contribution is -2.48. The molecule has 0 N–H and O–H groups in total. The molecule has 0 aliphatic carbocycles. The van der Waals surface area contributed by atoms with Crippen LogP contribution in [0.15, 0.2) is 42.5 Å². The van der Waals surface area contributed by atoms with Gasteiger partial charge in [-0.2, -0.15) is 5.10 Å². The van der Waals surface area contributed by atoms with Crippen LogP contribution in [-0.4, -0.2) is 72.2 Å². The Morgan fingerprint density at radius 1 is 1.10 bits per heavy atom. The van der Waals surface area contributed by atoms with Crippen LogP contribution in [0.1, 0.15) is 54.0 Å². The van der Waals surface area contributed by atoms with E-state index in [1.165, 1.54) is 0 Å². The molecule has 2 aliphatic heterocycles. The highest BCUT2D eigenvalue weighted by Crippen LogP contribution is 2.50. The summed E-state index contributed by atoms with van der Waals surface area (Å²) in [5.74, 6) is 1.44. The number of thioether (sulfide) groups is 1. The Balaban J connectivity index is 1.78. The smallest absolute Gasteiger partial charge is 0.242 e. The largest absolute Gasteiger partial charge is 0.496 e. The van der Waals surface area contributed by atoms with E-state index in [1.54, 1.807) is 28.7 Å². The van der Waals surface area contributed by atoms with Crippen LogP contribution >= 0.6 is 11.8 Å². The molecule has 3 heterocycles. The number of para-hydroxylation sites is 1. The van der Waals surface area contributed by atoms with Crippen molar-refractivity contribution < 1.29 is 19.1 Å². The minimum atomic E-state index is -0.332. The van der Waals surface area contributed by atoms with Crippen LogP contribution in [0.4, 0.5) is 5.82 Å². The number of methoxy groups -OCH3 is 1. The predicted octanol–water partition coefficient (Wildman–Crippen LogP) is 4.82. The number of carbonyl (C=O) groups excluding carboxylic acids is 2. The summed E-state index contributed by atoms with van der Waals surface area (Å²) in [5.41, 5.74) is 5.59. The Labute approximate surface area is 240 Å². The third-order valence-electron chi connectivity index (χ3n) is 7.68. The van der Waals surface area contributed by atoms with E-state index in [0.717, 1.165) is 39.4 Å². The van der Waals surface area contributed by atoms with Crippen molar-refractivity contribution in [3.8, 4) is 11.4 Å². The van der Waals surface area contributed by atoms with Crippen molar-refractivity contribution in [2.45, 2.75) is 45.3 Å². The van der Waals surface area contributed by atoms with Gasteiger partial charge in [0.1, 0.15) is 18.1 Å². The minimum Gasteiger partial charge on any atom is -0.496 e. The average Bonchev–Trinajstić information content (AvgIpc) is 3.28. The molecule has 8 nitrogen and oxygen atoms in total. The highest BCUT2D eigenvalue weighted by Gasteiger charge is 2.41. The van der Waals surface area contributed by atoms with Gasteiger partial charge in [0, 0.05) is 29.6 Å². The Bertz CT molecular complexity index is 1420. The number of anilines is 1. The second-order valence-corrected chi connectivity index (χ2v) is 12.5. The topological polar surface area (TPSA) is 76.9 Å². The Kier molecular flexibility index (Phi) is 7.97. The Morgan fingerprint density at radius 2 is 1.82 bits per heavy atom. The van der Waals surface area contributed by atoms with E-state index in [9.17, 15) is 9.59 Å². The van der Waals surface area contributed by atoms with Gasteiger partial charge in [-0.15, -0.1) is 11.8 Å². The van der Waals surface area contributed by atoms with Crippen LogP contribution in [0.5, 0.6) is 5.75 Å². The number of rotatable bonds is 5. The lowest BCUT2D eigenvalue weighted by molar-refractivity contribution is -0.134. The van der Waals surface area contributed by atoms with Crippen molar-refractivity contribution in [2.75, 3.05) is 50.6 Å². The number of aromatic nitrogens is 2. The number of ether oxygens (including phenoxy) is 2. The number of morpholine rings is 1. The van der Waals surface area contributed by atoms with Gasteiger partial charge in [0.25, 0.3) is 0 Å². The number of hydrogen-bond acceptors (Lipinski definition) is 6. The molecule has 1 saturated heterocycles. The van der Waals surface area contributed by atoms with Gasteiger partial charge >= 0.3 is 0 Å². The van der Waals surface area contributed by atoms with Gasteiger partial charge in [-0.25, -0.2) is 4.68 Å². The third-order valence-corrected chi connectivity index (χ3v) is 8.92. The van der Waals surface area contributed by atoms with Crippen molar-refractivity contribution in [1.29, 1.82) is 0 Å². The molecular formula is C31H38N4O4S. The quantitative estimate of drug-likeness (QED) is 0.444. The second kappa shape index (κ2) is 11.3. The molecule has 1 atom stereocenters. The van der Waals surface area contributed by atoms with Crippen LogP contribution in [0.25, 0.3) is 5.69 Å². The first-order valence-corrected chi connectivity index (χ1v) is 14.8. The lowest BCUT2D eigenvalue weighted by Gasteiger charge is -2.30. The zero-order valence-electron chi connectivity index (χ0n) is 24.2. The molecule has 0 radical (unpaired) electrons. The molecular weight excluding hydrogens is 524 g/mol. The van der Waals surface area contributed by atoms with Crippen LogP contribution in [-0.2, 0) is 19.7 Å². The fourth-order valence-electron chi connectivity index (χ4n) is 5.38. The fourth-order valence-corrected chi connectivity index (χ4v) is 6.61. The summed E-state index contributed by atoms with van der Waals surface area (Å²) in [7, 11) is 1.67. The van der Waals surface area contributed by atoms with E-state index < -0.39 is 0 Å². The SMILES string of the molecule is COc1ccccc1[C@@H]1SCC(=O)N(CC(=O)N2CCOCC2)c2c1c(C(C)(C)C)nn2-c1cccc(C)c1C. The normalized spacial score (nSPS) is 17.9. The average molecular weight is 563 g/mol. The van der Waals surface area contributed by atoms with Gasteiger partial charge < -0.3 is 14.4 Å². The first kappa shape index (κ1) is 28.2. The summed E-state index contributed by atoms with van der Waals surface area (Å²) in [6.45, 7) is 12.6. The molecule has 1 aromatic heterocycles. The van der Waals surface area contributed by atoms with Gasteiger partial charge in [0.2, 0.25) is 11.8 Å². The maximum atomic E-state index is 14.0. The molecule has 3 aromatic rings. The lowest BCUT2D eigenvalue weighted by atomic mass is 9.87. The van der Waals surface area contributed by atoms with Crippen LogP contribution in [0, 0.1) is 13.8 Å². The number of benzene rings is 2. The Hall–Kier alpha value is -3.30. The number of carbonyl (C=O) groups is 2. The summed E-state index contributed by atoms with van der Waals surface area (Å²) in [6, 6.07) is 14.1. The zero-order chi connectivity index (χ0) is 28.6. The Morgan fingerprint density at radius 3 is 2.52 bits per heavy atom. The summed E-state index contributed by atoms with van der Waals surface area (Å²) >= 11 is 1.56. The highest BCUT2D eigenvalue weighted by atomic mass is 32.2. The van der Waals surface area contributed by atoms with Gasteiger partial charge in [0.05, 0.1) is 42.7 Å². The van der Waals surface area contributed by atoms with Crippen molar-refractivity contribution in [3.05, 3.63) is 70.4 Å². The number of amides is 2. The molecule has 0 bridgehead atoms. The van der Waals surface area contributed by atoms with Gasteiger partial charge in [-0.05, 0) is 37.1 Å². The predicted molar refractivity (Wildman–Crippen MR) is 159 cm³/mol. The van der Waals surface area contributed by atoms with Crippen LogP contribution < -0.4 is 9.64 Å². The van der Waals surface area contributed by atoms with Crippen molar-refractivity contribution >= 4 is 29.4 Å². The molecule has 0 spiro atoms. The van der Waals surface area contributed by atoms with Gasteiger partial charge in [0.15, 0.2) is 0 Å². The highest BCUT2D eigenvalue weighted by molar-refractivity contribution is 8.00. The van der Waals surface area contributed by atoms with E-state index >= 15 is 0 Å². The van der Waals surface area contributed by atoms with Crippen molar-refractivity contribution in [2.24, 2.45) is 0 Å². The van der Waals surface area contributed by atoms with Gasteiger partial charge in [-0.1, -0.05) is 51.1 Å². The first-order chi connectivity index (χ1) is 19.1. The molecule has 212 valence electrons. The maximum Gasteiger partial charge on any atom is 0.242 e. The second-order valence-electron chi connectivity index (χ2n) is 11.4. The van der Waals surface area contributed by atoms with E-state index in [4.69, 9.17) is 14.6 Å². The number of fused-ring (bicyclic) bond motifs is 1. The van der Waals surface area contributed by atoms with E-state index in [2.05, 4.69) is 46.8 Å². The van der Waals surface area contributed by atoms with Crippen LogP contribution in [0.2, 0.25) is 0 Å². The first-order valence-electron chi connectivity index (χ1n) is 13.7. The zero-order valence-corrected chi connectivity index (χ0v) is 25.0. The van der Waals surface area contributed by atoms with Crippen LogP contribution in [0.3, 0.4) is 0 Å². The molecule has 2 aromatic carbocycles. The fraction of sp³-hybridized carbons (Fsp3) is 0.452.